The number of aromatic amines is 1. The summed E-state index contributed by atoms with van der Waals surface area (Å²) in [6.07, 6.45) is 1.58. The van der Waals surface area contributed by atoms with Crippen molar-refractivity contribution in [3.05, 3.63) is 63.1 Å². The molecule has 9 nitrogen and oxygen atoms in total. The number of halogens is 1. The maximum atomic E-state index is 13.6. The Bertz CT molecular complexity index is 1180. The average Bonchev–Trinajstić information content (AvgIpc) is 3.22. The monoisotopic (exact) mass is 449 g/mol. The molecule has 0 spiro atoms. The van der Waals surface area contributed by atoms with Crippen molar-refractivity contribution in [1.82, 2.24) is 23.5 Å². The van der Waals surface area contributed by atoms with Crippen molar-refractivity contribution in [3.8, 4) is 0 Å². The molecule has 3 heterocycles. The number of carbonyl (C=O) groups excluding carboxylic acids is 1. The summed E-state index contributed by atoms with van der Waals surface area (Å²) < 4.78 is 41.0. The zero-order valence-electron chi connectivity index (χ0n) is 17.3. The number of aromatic nitrogens is 2. The maximum Gasteiger partial charge on any atom is 0.281 e. The molecule has 1 atom stereocenters. The van der Waals surface area contributed by atoms with E-state index in [9.17, 15) is 22.4 Å². The molecule has 31 heavy (non-hydrogen) atoms. The Balaban J connectivity index is 1.65. The Labute approximate surface area is 179 Å². The van der Waals surface area contributed by atoms with Crippen LogP contribution >= 0.6 is 0 Å². The number of amides is 1. The SMILES string of the molecule is CN(C)S(=O)(=O)N1CCc2c(nc([C@@H]3CCCN3C(=O)c3cccc(F)c3)[nH]c2=O)C1. The zero-order chi connectivity index (χ0) is 22.3. The van der Waals surface area contributed by atoms with Gasteiger partial charge in [-0.3, -0.25) is 9.59 Å². The van der Waals surface area contributed by atoms with Gasteiger partial charge in [0.05, 0.1) is 18.3 Å². The lowest BCUT2D eigenvalue weighted by Gasteiger charge is -2.30. The number of nitrogens with zero attached hydrogens (tertiary/aromatic N) is 4. The number of carbonyl (C=O) groups is 1. The van der Waals surface area contributed by atoms with Crippen LogP contribution in [0.4, 0.5) is 4.39 Å². The molecule has 2 aliphatic rings. The van der Waals surface area contributed by atoms with E-state index >= 15 is 0 Å². The number of rotatable bonds is 4. The Morgan fingerprint density at radius 2 is 2.06 bits per heavy atom. The summed E-state index contributed by atoms with van der Waals surface area (Å²) in [5, 5.41) is 0. The van der Waals surface area contributed by atoms with Gasteiger partial charge in [-0.15, -0.1) is 0 Å². The molecule has 11 heteroatoms. The van der Waals surface area contributed by atoms with Crippen molar-refractivity contribution in [1.29, 1.82) is 0 Å². The van der Waals surface area contributed by atoms with Gasteiger partial charge in [0, 0.05) is 38.3 Å². The molecule has 2 aromatic rings. The molecule has 2 aliphatic heterocycles. The van der Waals surface area contributed by atoms with E-state index < -0.39 is 22.1 Å². The van der Waals surface area contributed by atoms with E-state index in [-0.39, 0.29) is 36.5 Å². The van der Waals surface area contributed by atoms with E-state index in [4.69, 9.17) is 0 Å². The lowest BCUT2D eigenvalue weighted by atomic mass is 10.1. The number of H-pyrrole nitrogens is 1. The second kappa shape index (κ2) is 8.13. The van der Waals surface area contributed by atoms with Crippen molar-refractivity contribution >= 4 is 16.1 Å². The fraction of sp³-hybridized carbons (Fsp3) is 0.450. The number of hydrogen-bond donors (Lipinski definition) is 1. The van der Waals surface area contributed by atoms with Gasteiger partial charge >= 0.3 is 0 Å². The number of fused-ring (bicyclic) bond motifs is 1. The molecule has 166 valence electrons. The van der Waals surface area contributed by atoms with Gasteiger partial charge in [0.1, 0.15) is 11.6 Å². The Hall–Kier alpha value is -2.63. The predicted octanol–water partition coefficient (Wildman–Crippen LogP) is 1.05. The molecule has 1 saturated heterocycles. The Morgan fingerprint density at radius 1 is 1.29 bits per heavy atom. The van der Waals surface area contributed by atoms with Crippen molar-refractivity contribution < 1.29 is 17.6 Å². The van der Waals surface area contributed by atoms with Gasteiger partial charge in [-0.2, -0.15) is 17.0 Å². The lowest BCUT2D eigenvalue weighted by Crippen LogP contribution is -2.44. The smallest absolute Gasteiger partial charge is 0.281 e. The summed E-state index contributed by atoms with van der Waals surface area (Å²) in [5.41, 5.74) is 0.790. The van der Waals surface area contributed by atoms with E-state index in [1.165, 1.54) is 36.6 Å². The fourth-order valence-corrected chi connectivity index (χ4v) is 5.17. The summed E-state index contributed by atoms with van der Waals surface area (Å²) in [4.78, 5) is 34.6. The first-order valence-corrected chi connectivity index (χ1v) is 11.4. The van der Waals surface area contributed by atoms with Gasteiger partial charge in [-0.05, 0) is 37.5 Å². The normalized spacial score (nSPS) is 19.6. The topological polar surface area (TPSA) is 107 Å². The number of nitrogens with one attached hydrogen (secondary N) is 1. The molecule has 0 saturated carbocycles. The summed E-state index contributed by atoms with van der Waals surface area (Å²) in [7, 11) is -0.729. The van der Waals surface area contributed by atoms with E-state index in [1.54, 1.807) is 11.0 Å². The van der Waals surface area contributed by atoms with Gasteiger partial charge in [0.15, 0.2) is 0 Å². The number of likely N-dealkylation sites (tertiary alicyclic amines) is 1. The molecular formula is C20H24FN5O4S. The molecule has 0 radical (unpaired) electrons. The third-order valence-electron chi connectivity index (χ3n) is 5.75. The van der Waals surface area contributed by atoms with Crippen LogP contribution in [0.2, 0.25) is 0 Å². The zero-order valence-corrected chi connectivity index (χ0v) is 18.2. The molecule has 1 amide bonds. The maximum absolute atomic E-state index is 13.6. The van der Waals surface area contributed by atoms with Gasteiger partial charge < -0.3 is 9.88 Å². The minimum absolute atomic E-state index is 0.00265. The summed E-state index contributed by atoms with van der Waals surface area (Å²) in [6.45, 7) is 0.657. The van der Waals surface area contributed by atoms with Crippen LogP contribution < -0.4 is 5.56 Å². The standard InChI is InChI=1S/C20H24FN5O4S/c1-24(2)31(29,30)25-10-8-15-16(12-25)22-18(23-19(15)27)17-7-4-9-26(17)20(28)13-5-3-6-14(21)11-13/h3,5-6,11,17H,4,7-10,12H2,1-2H3,(H,22,23,27)/t17-/m0/s1. The van der Waals surface area contributed by atoms with Crippen molar-refractivity contribution in [2.45, 2.75) is 31.8 Å². The van der Waals surface area contributed by atoms with Crippen LogP contribution in [0.3, 0.4) is 0 Å². The van der Waals surface area contributed by atoms with Crippen LogP contribution in [-0.2, 0) is 23.2 Å². The summed E-state index contributed by atoms with van der Waals surface area (Å²) >= 11 is 0. The van der Waals surface area contributed by atoms with E-state index in [2.05, 4.69) is 9.97 Å². The van der Waals surface area contributed by atoms with Gasteiger partial charge in [-0.1, -0.05) is 6.07 Å². The largest absolute Gasteiger partial charge is 0.328 e. The molecule has 0 aliphatic carbocycles. The highest BCUT2D eigenvalue weighted by molar-refractivity contribution is 7.86. The van der Waals surface area contributed by atoms with Crippen LogP contribution in [-0.4, -0.2) is 65.0 Å². The molecule has 4 rings (SSSR count). The van der Waals surface area contributed by atoms with Crippen LogP contribution in [0, 0.1) is 5.82 Å². The minimum atomic E-state index is -3.64. The molecule has 0 bridgehead atoms. The summed E-state index contributed by atoms with van der Waals surface area (Å²) in [6, 6.07) is 5.02. The third-order valence-corrected chi connectivity index (χ3v) is 7.63. The van der Waals surface area contributed by atoms with Gasteiger partial charge in [0.2, 0.25) is 0 Å². The first-order chi connectivity index (χ1) is 14.7. The van der Waals surface area contributed by atoms with Gasteiger partial charge in [0.25, 0.3) is 21.7 Å². The molecule has 1 N–H and O–H groups in total. The molecule has 0 unspecified atom stereocenters. The van der Waals surface area contributed by atoms with Crippen LogP contribution in [0.1, 0.15) is 46.3 Å². The molecule has 1 aromatic heterocycles. The quantitative estimate of drug-likeness (QED) is 0.751. The first kappa shape index (κ1) is 21.6. The predicted molar refractivity (Wildman–Crippen MR) is 111 cm³/mol. The Morgan fingerprint density at radius 3 is 2.77 bits per heavy atom. The van der Waals surface area contributed by atoms with E-state index in [0.717, 1.165) is 4.31 Å². The second-order valence-electron chi connectivity index (χ2n) is 7.92. The lowest BCUT2D eigenvalue weighted by molar-refractivity contribution is 0.0728. The highest BCUT2D eigenvalue weighted by atomic mass is 32.2. The van der Waals surface area contributed by atoms with Crippen molar-refractivity contribution in [2.24, 2.45) is 0 Å². The van der Waals surface area contributed by atoms with Gasteiger partial charge in [-0.25, -0.2) is 9.37 Å². The second-order valence-corrected chi connectivity index (χ2v) is 10.1. The minimum Gasteiger partial charge on any atom is -0.328 e. The molecule has 1 aromatic carbocycles. The molecular weight excluding hydrogens is 425 g/mol. The highest BCUT2D eigenvalue weighted by Gasteiger charge is 2.35. The Kier molecular flexibility index (Phi) is 5.67. The van der Waals surface area contributed by atoms with Crippen LogP contribution in [0.25, 0.3) is 0 Å². The molecule has 1 fully saturated rings. The average molecular weight is 450 g/mol. The summed E-state index contributed by atoms with van der Waals surface area (Å²) in [5.74, 6) is -0.501. The number of hydrogen-bond acceptors (Lipinski definition) is 5. The van der Waals surface area contributed by atoms with E-state index in [1.807, 2.05) is 0 Å². The van der Waals surface area contributed by atoms with Crippen LogP contribution in [0.5, 0.6) is 0 Å². The van der Waals surface area contributed by atoms with Crippen molar-refractivity contribution in [2.75, 3.05) is 27.2 Å². The fourth-order valence-electron chi connectivity index (χ4n) is 4.10. The van der Waals surface area contributed by atoms with Crippen LogP contribution in [0.15, 0.2) is 29.1 Å². The van der Waals surface area contributed by atoms with E-state index in [0.29, 0.717) is 36.5 Å². The highest BCUT2D eigenvalue weighted by Crippen LogP contribution is 2.32. The van der Waals surface area contributed by atoms with Crippen molar-refractivity contribution in [3.63, 3.8) is 0 Å². The number of benzene rings is 1. The third kappa shape index (κ3) is 4.00. The first-order valence-electron chi connectivity index (χ1n) is 10.0.